The lowest BCUT2D eigenvalue weighted by Crippen LogP contribution is -2.53. The van der Waals surface area contributed by atoms with Crippen molar-refractivity contribution in [1.82, 2.24) is 10.6 Å². The fourth-order valence-electron chi connectivity index (χ4n) is 4.49. The molecule has 7 heteroatoms. The Morgan fingerprint density at radius 1 is 0.806 bits per heavy atom. The van der Waals surface area contributed by atoms with Gasteiger partial charge in [0, 0.05) is 19.8 Å². The number of methoxy groups -OCH3 is 1. The number of esters is 1. The lowest BCUT2D eigenvalue weighted by Gasteiger charge is -2.23. The Morgan fingerprint density at radius 3 is 2.03 bits per heavy atom. The molecule has 4 rings (SSSR count). The van der Waals surface area contributed by atoms with Crippen molar-refractivity contribution in [3.63, 3.8) is 0 Å². The molecule has 0 aliphatic carbocycles. The van der Waals surface area contributed by atoms with Crippen LogP contribution in [0.4, 0.5) is 4.39 Å². The van der Waals surface area contributed by atoms with Crippen molar-refractivity contribution in [3.8, 4) is 0 Å². The maximum Gasteiger partial charge on any atom is 0.328 e. The number of nitrogens with one attached hydrogen (secondary N) is 2. The summed E-state index contributed by atoms with van der Waals surface area (Å²) in [5, 5.41) is 9.35. The Labute approximate surface area is 208 Å². The van der Waals surface area contributed by atoms with Crippen LogP contribution in [0.3, 0.4) is 0 Å². The van der Waals surface area contributed by atoms with Crippen molar-refractivity contribution in [3.05, 3.63) is 95.8 Å². The van der Waals surface area contributed by atoms with Gasteiger partial charge in [0.05, 0.1) is 7.11 Å². The second kappa shape index (κ2) is 11.0. The summed E-state index contributed by atoms with van der Waals surface area (Å²) in [5.74, 6) is -2.02. The number of carbonyl (C=O) groups is 3. The van der Waals surface area contributed by atoms with Gasteiger partial charge in [0.25, 0.3) is 0 Å². The number of hydrogen-bond acceptors (Lipinski definition) is 4. The van der Waals surface area contributed by atoms with E-state index in [9.17, 15) is 18.8 Å². The summed E-state index contributed by atoms with van der Waals surface area (Å²) in [4.78, 5) is 37.9. The highest BCUT2D eigenvalue weighted by Crippen LogP contribution is 2.29. The van der Waals surface area contributed by atoms with Crippen LogP contribution in [0, 0.1) is 5.82 Å². The fourth-order valence-corrected chi connectivity index (χ4v) is 4.49. The summed E-state index contributed by atoms with van der Waals surface area (Å²) in [6.45, 7) is 1.30. The van der Waals surface area contributed by atoms with Gasteiger partial charge in [-0.2, -0.15) is 0 Å². The van der Waals surface area contributed by atoms with Crippen LogP contribution in [0.5, 0.6) is 0 Å². The van der Waals surface area contributed by atoms with Crippen LogP contribution in [0.15, 0.2) is 78.9 Å². The van der Waals surface area contributed by atoms with Gasteiger partial charge in [-0.15, -0.1) is 0 Å². The number of hydrogen-bond donors (Lipinski definition) is 2. The Morgan fingerprint density at radius 2 is 1.44 bits per heavy atom. The summed E-state index contributed by atoms with van der Waals surface area (Å²) >= 11 is 0. The smallest absolute Gasteiger partial charge is 0.328 e. The zero-order valence-electron chi connectivity index (χ0n) is 20.1. The van der Waals surface area contributed by atoms with Crippen molar-refractivity contribution in [2.75, 3.05) is 7.11 Å². The van der Waals surface area contributed by atoms with E-state index in [2.05, 4.69) is 16.7 Å². The molecule has 36 heavy (non-hydrogen) atoms. The molecule has 0 aromatic heterocycles. The minimum absolute atomic E-state index is 0.0638. The summed E-state index contributed by atoms with van der Waals surface area (Å²) in [5.41, 5.74) is 1.44. The van der Waals surface area contributed by atoms with Crippen LogP contribution < -0.4 is 10.6 Å². The second-order valence-electron chi connectivity index (χ2n) is 8.67. The third kappa shape index (κ3) is 5.68. The van der Waals surface area contributed by atoms with Gasteiger partial charge in [-0.25, -0.2) is 9.18 Å². The maximum atomic E-state index is 13.7. The Hall–Kier alpha value is -4.26. The quantitative estimate of drug-likeness (QED) is 0.290. The van der Waals surface area contributed by atoms with Crippen molar-refractivity contribution in [2.24, 2.45) is 0 Å². The van der Waals surface area contributed by atoms with Gasteiger partial charge in [-0.05, 0) is 50.9 Å². The third-order valence-corrected chi connectivity index (χ3v) is 6.12. The van der Waals surface area contributed by atoms with E-state index in [-0.39, 0.29) is 12.8 Å². The number of amides is 2. The topological polar surface area (TPSA) is 84.5 Å². The zero-order chi connectivity index (χ0) is 25.7. The van der Waals surface area contributed by atoms with Gasteiger partial charge in [-0.3, -0.25) is 9.59 Å². The van der Waals surface area contributed by atoms with Crippen LogP contribution in [-0.4, -0.2) is 37.0 Å². The molecular weight excluding hydrogens is 459 g/mol. The molecule has 0 heterocycles. The van der Waals surface area contributed by atoms with Crippen LogP contribution in [0.1, 0.15) is 18.1 Å². The predicted octanol–water partition coefficient (Wildman–Crippen LogP) is 4.08. The van der Waals surface area contributed by atoms with Gasteiger partial charge < -0.3 is 15.4 Å². The Balaban J connectivity index is 1.67. The molecule has 0 aliphatic heterocycles. The molecule has 184 valence electrons. The standard InChI is InChI=1S/C29H27FN2O4/c1-18(33)31-26(15-19-8-7-11-22(30)14-19)28(34)32-27(29(35)36-2)17-25-23-12-5-3-9-20(23)16-21-10-4-6-13-24(21)25/h3-14,16,26-27H,15,17H2,1-2H3,(H,31,33)(H,32,34)/t26-,27+/m1/s1. The number of benzene rings is 4. The van der Waals surface area contributed by atoms with E-state index >= 15 is 0 Å². The Bertz CT molecular complexity index is 1380. The molecule has 2 amide bonds. The highest BCUT2D eigenvalue weighted by molar-refractivity contribution is 6.03. The molecule has 0 bridgehead atoms. The molecule has 2 atom stereocenters. The molecular formula is C29H27FN2O4. The van der Waals surface area contributed by atoms with E-state index in [0.717, 1.165) is 27.1 Å². The minimum atomic E-state index is -1.000. The summed E-state index contributed by atoms with van der Waals surface area (Å²) in [6, 6.07) is 21.6. The molecule has 0 unspecified atom stereocenters. The van der Waals surface area contributed by atoms with E-state index < -0.39 is 35.7 Å². The fraction of sp³-hybridized carbons (Fsp3) is 0.207. The summed E-state index contributed by atoms with van der Waals surface area (Å²) in [6.07, 6.45) is 0.251. The van der Waals surface area contributed by atoms with Gasteiger partial charge in [0.15, 0.2) is 0 Å². The second-order valence-corrected chi connectivity index (χ2v) is 8.67. The first-order valence-corrected chi connectivity index (χ1v) is 11.6. The largest absolute Gasteiger partial charge is 0.467 e. The van der Waals surface area contributed by atoms with Gasteiger partial charge in [0.2, 0.25) is 11.8 Å². The molecule has 2 N–H and O–H groups in total. The third-order valence-electron chi connectivity index (χ3n) is 6.12. The summed E-state index contributed by atoms with van der Waals surface area (Å²) < 4.78 is 18.7. The lowest BCUT2D eigenvalue weighted by molar-refractivity contribution is -0.145. The molecule has 0 radical (unpaired) electrons. The first kappa shape index (κ1) is 24.9. The van der Waals surface area contributed by atoms with Gasteiger partial charge >= 0.3 is 5.97 Å². The van der Waals surface area contributed by atoms with Crippen LogP contribution >= 0.6 is 0 Å². The van der Waals surface area contributed by atoms with Crippen LogP contribution in [0.2, 0.25) is 0 Å². The van der Waals surface area contributed by atoms with Crippen molar-refractivity contribution >= 4 is 39.3 Å². The van der Waals surface area contributed by atoms with Crippen molar-refractivity contribution < 1.29 is 23.5 Å². The summed E-state index contributed by atoms with van der Waals surface area (Å²) in [7, 11) is 1.26. The highest BCUT2D eigenvalue weighted by Gasteiger charge is 2.28. The van der Waals surface area contributed by atoms with Crippen LogP contribution in [0.25, 0.3) is 21.5 Å². The lowest BCUT2D eigenvalue weighted by atomic mass is 9.92. The molecule has 0 saturated carbocycles. The zero-order valence-corrected chi connectivity index (χ0v) is 20.1. The molecule has 0 aliphatic rings. The van der Waals surface area contributed by atoms with Crippen LogP contribution in [-0.2, 0) is 32.0 Å². The van der Waals surface area contributed by atoms with E-state index in [0.29, 0.717) is 5.56 Å². The monoisotopic (exact) mass is 486 g/mol. The molecule has 4 aromatic carbocycles. The maximum absolute atomic E-state index is 13.7. The highest BCUT2D eigenvalue weighted by atomic mass is 19.1. The number of halogens is 1. The van der Waals surface area contributed by atoms with E-state index in [1.165, 1.54) is 32.2 Å². The molecule has 0 saturated heterocycles. The number of fused-ring (bicyclic) bond motifs is 2. The minimum Gasteiger partial charge on any atom is -0.467 e. The van der Waals surface area contributed by atoms with Gasteiger partial charge in [-0.1, -0.05) is 60.7 Å². The average Bonchev–Trinajstić information content (AvgIpc) is 2.86. The van der Waals surface area contributed by atoms with Gasteiger partial charge in [0.1, 0.15) is 17.9 Å². The predicted molar refractivity (Wildman–Crippen MR) is 137 cm³/mol. The van der Waals surface area contributed by atoms with Crippen molar-refractivity contribution in [1.29, 1.82) is 0 Å². The number of rotatable bonds is 8. The molecule has 0 fully saturated rings. The first-order valence-electron chi connectivity index (χ1n) is 11.6. The van der Waals surface area contributed by atoms with E-state index in [1.807, 2.05) is 48.5 Å². The molecule has 4 aromatic rings. The number of carbonyl (C=O) groups excluding carboxylic acids is 3. The average molecular weight is 487 g/mol. The number of ether oxygens (including phenoxy) is 1. The Kier molecular flexibility index (Phi) is 7.59. The van der Waals surface area contributed by atoms with Crippen molar-refractivity contribution in [2.45, 2.75) is 31.8 Å². The normalized spacial score (nSPS) is 12.6. The molecule has 6 nitrogen and oxygen atoms in total. The van der Waals surface area contributed by atoms with E-state index in [4.69, 9.17) is 4.74 Å². The SMILES string of the molecule is COC(=O)[C@H](Cc1c2ccccc2cc2ccccc12)NC(=O)[C@@H](Cc1cccc(F)c1)NC(C)=O. The van der Waals surface area contributed by atoms with E-state index in [1.54, 1.807) is 6.07 Å². The first-order chi connectivity index (χ1) is 17.4. The molecule has 0 spiro atoms.